The van der Waals surface area contributed by atoms with E-state index in [9.17, 15) is 18.3 Å². The van der Waals surface area contributed by atoms with E-state index in [1.807, 2.05) is 51.1 Å². The molecule has 9 heteroatoms. The van der Waals surface area contributed by atoms with Crippen molar-refractivity contribution in [1.82, 2.24) is 9.62 Å². The number of nitrogens with one attached hydrogen (secondary N) is 1. The fraction of sp³-hybridized carbons (Fsp3) is 0.517. The number of ether oxygens (including phenoxy) is 1. The molecule has 38 heavy (non-hydrogen) atoms. The van der Waals surface area contributed by atoms with E-state index in [0.717, 1.165) is 11.1 Å². The summed E-state index contributed by atoms with van der Waals surface area (Å²) in [5.41, 5.74) is 0.530. The Hall–Kier alpha value is -2.93. The van der Waals surface area contributed by atoms with Crippen molar-refractivity contribution in [2.45, 2.75) is 83.4 Å². The molecular weight excluding hydrogens is 502 g/mol. The average Bonchev–Trinajstić information content (AvgIpc) is 2.81. The molecule has 1 amide bonds. The highest BCUT2D eigenvalue weighted by Crippen LogP contribution is 2.28. The quantitative estimate of drug-likeness (QED) is 0.396. The number of carbonyl (C=O) groups is 1. The van der Waals surface area contributed by atoms with Gasteiger partial charge in [0.15, 0.2) is 0 Å². The molecule has 0 fully saturated rings. The van der Waals surface area contributed by atoms with Crippen LogP contribution in [0.4, 0.5) is 4.79 Å². The second-order valence-electron chi connectivity index (χ2n) is 11.4. The molecule has 2 aromatic rings. The molecular formula is C29H41N3O5S. The first-order valence-corrected chi connectivity index (χ1v) is 14.2. The third-order valence-electron chi connectivity index (χ3n) is 6.03. The van der Waals surface area contributed by atoms with E-state index in [1.165, 1.54) is 4.31 Å². The summed E-state index contributed by atoms with van der Waals surface area (Å²) in [6.07, 6.45) is -0.889. The largest absolute Gasteiger partial charge is 0.444 e. The molecule has 0 saturated carbocycles. The van der Waals surface area contributed by atoms with Crippen LogP contribution in [-0.4, -0.2) is 54.8 Å². The lowest BCUT2D eigenvalue weighted by Crippen LogP contribution is -2.52. The summed E-state index contributed by atoms with van der Waals surface area (Å²) < 4.78 is 34.2. The van der Waals surface area contributed by atoms with Crippen LogP contribution in [-0.2, 0) is 21.2 Å². The van der Waals surface area contributed by atoms with Crippen molar-refractivity contribution in [3.8, 4) is 6.07 Å². The zero-order valence-electron chi connectivity index (χ0n) is 23.3. The van der Waals surface area contributed by atoms with Crippen LogP contribution < -0.4 is 5.32 Å². The van der Waals surface area contributed by atoms with Gasteiger partial charge in [0, 0.05) is 19.5 Å². The van der Waals surface area contributed by atoms with E-state index in [1.54, 1.807) is 45.0 Å². The van der Waals surface area contributed by atoms with Crippen LogP contribution in [0.3, 0.4) is 0 Å². The van der Waals surface area contributed by atoms with Crippen molar-refractivity contribution < 1.29 is 23.1 Å². The molecule has 0 heterocycles. The molecule has 0 bridgehead atoms. The van der Waals surface area contributed by atoms with Gasteiger partial charge in [-0.25, -0.2) is 13.2 Å². The summed E-state index contributed by atoms with van der Waals surface area (Å²) in [6.45, 7) is 10.7. The van der Waals surface area contributed by atoms with E-state index in [4.69, 9.17) is 10.00 Å². The Kier molecular flexibility index (Phi) is 10.9. The Bertz CT molecular complexity index is 1180. The maximum Gasteiger partial charge on any atom is 0.407 e. The number of rotatable bonds is 12. The van der Waals surface area contributed by atoms with Crippen LogP contribution in [0.25, 0.3) is 0 Å². The van der Waals surface area contributed by atoms with Crippen molar-refractivity contribution in [1.29, 1.82) is 5.26 Å². The van der Waals surface area contributed by atoms with Crippen molar-refractivity contribution >= 4 is 16.1 Å². The Labute approximate surface area is 227 Å². The summed E-state index contributed by atoms with van der Waals surface area (Å²) >= 11 is 0. The van der Waals surface area contributed by atoms with Gasteiger partial charge in [0.1, 0.15) is 5.60 Å². The molecule has 0 aromatic heterocycles. The summed E-state index contributed by atoms with van der Waals surface area (Å²) in [6, 6.07) is 17.2. The second kappa shape index (κ2) is 13.2. The molecule has 0 saturated heterocycles. The molecule has 0 aliphatic rings. The zero-order chi connectivity index (χ0) is 28.6. The van der Waals surface area contributed by atoms with Crippen molar-refractivity contribution in [3.63, 3.8) is 0 Å². The van der Waals surface area contributed by atoms with Gasteiger partial charge < -0.3 is 15.2 Å². The molecule has 8 nitrogen and oxygen atoms in total. The minimum atomic E-state index is -3.99. The number of benzene rings is 2. The number of sulfonamides is 1. The molecule has 2 atom stereocenters. The van der Waals surface area contributed by atoms with Crippen molar-refractivity contribution in [2.75, 3.05) is 13.1 Å². The van der Waals surface area contributed by atoms with Gasteiger partial charge in [-0.1, -0.05) is 61.9 Å². The van der Waals surface area contributed by atoms with Gasteiger partial charge in [-0.2, -0.15) is 9.57 Å². The highest BCUT2D eigenvalue weighted by atomic mass is 32.2. The van der Waals surface area contributed by atoms with E-state index in [-0.39, 0.29) is 30.8 Å². The minimum absolute atomic E-state index is 0.0897. The number of nitrogens with zero attached hydrogens (tertiary/aromatic N) is 2. The topological polar surface area (TPSA) is 120 Å². The van der Waals surface area contributed by atoms with Crippen LogP contribution in [0.1, 0.15) is 58.6 Å². The number of carbonyl (C=O) groups excluding carboxylic acids is 1. The number of hydrogen-bond donors (Lipinski definition) is 2. The summed E-state index contributed by atoms with van der Waals surface area (Å²) in [5.74, 6) is 0. The maximum absolute atomic E-state index is 13.8. The summed E-state index contributed by atoms with van der Waals surface area (Å²) in [4.78, 5) is 12.8. The molecule has 2 N–H and O–H groups in total. The number of aliphatic hydroxyl groups excluding tert-OH is 1. The van der Waals surface area contributed by atoms with Crippen LogP contribution >= 0.6 is 0 Å². The summed E-state index contributed by atoms with van der Waals surface area (Å²) in [7, 11) is -3.99. The van der Waals surface area contributed by atoms with Crippen LogP contribution in [0.5, 0.6) is 0 Å². The molecule has 0 radical (unpaired) electrons. The number of hydrogen-bond acceptors (Lipinski definition) is 6. The second-order valence-corrected chi connectivity index (χ2v) is 13.4. The number of aryl methyl sites for hydroxylation is 1. The smallest absolute Gasteiger partial charge is 0.407 e. The van der Waals surface area contributed by atoms with E-state index in [0.29, 0.717) is 6.42 Å². The predicted octanol–water partition coefficient (Wildman–Crippen LogP) is 4.81. The fourth-order valence-electron chi connectivity index (χ4n) is 4.00. The molecule has 0 aliphatic heterocycles. The molecule has 0 aliphatic carbocycles. The molecule has 0 spiro atoms. The van der Waals surface area contributed by atoms with Gasteiger partial charge in [-0.15, -0.1) is 0 Å². The highest BCUT2D eigenvalue weighted by molar-refractivity contribution is 7.89. The van der Waals surface area contributed by atoms with E-state index < -0.39 is 39.3 Å². The van der Waals surface area contributed by atoms with E-state index in [2.05, 4.69) is 11.4 Å². The molecule has 2 aromatic carbocycles. The van der Waals surface area contributed by atoms with Crippen LogP contribution in [0.15, 0.2) is 59.5 Å². The SMILES string of the molecule is Cc1ccc(S(=O)(=O)N(CC(O)[C@H](Cc2ccccc2)NC(=O)OC(C)(C)C)CC(C)(C)CCC#N)cc1. The van der Waals surface area contributed by atoms with Gasteiger partial charge in [0.2, 0.25) is 10.0 Å². The normalized spacial score (nSPS) is 14.0. The first kappa shape index (κ1) is 31.3. The van der Waals surface area contributed by atoms with Gasteiger partial charge in [-0.05, 0) is 63.6 Å². The monoisotopic (exact) mass is 543 g/mol. The fourth-order valence-corrected chi connectivity index (χ4v) is 5.65. The Morgan fingerprint density at radius 1 is 1.08 bits per heavy atom. The molecule has 208 valence electrons. The van der Waals surface area contributed by atoms with Gasteiger partial charge in [0.25, 0.3) is 0 Å². The highest BCUT2D eigenvalue weighted by Gasteiger charge is 2.35. The van der Waals surface area contributed by atoms with Gasteiger partial charge >= 0.3 is 6.09 Å². The lowest BCUT2D eigenvalue weighted by molar-refractivity contribution is 0.0392. The number of nitriles is 1. The number of aliphatic hydroxyl groups is 1. The number of alkyl carbamates (subject to hydrolysis) is 1. The maximum atomic E-state index is 13.8. The summed E-state index contributed by atoms with van der Waals surface area (Å²) in [5, 5.41) is 23.2. The minimum Gasteiger partial charge on any atom is -0.444 e. The molecule has 1 unspecified atom stereocenters. The average molecular weight is 544 g/mol. The van der Waals surface area contributed by atoms with Crippen molar-refractivity contribution in [2.24, 2.45) is 5.41 Å². The molecule has 2 rings (SSSR count). The third-order valence-corrected chi connectivity index (χ3v) is 7.86. The van der Waals surface area contributed by atoms with Gasteiger partial charge in [-0.3, -0.25) is 0 Å². The first-order valence-electron chi connectivity index (χ1n) is 12.8. The standard InChI is InChI=1S/C29H41N3O5S/c1-22-13-15-24(16-14-22)38(35,36)32(21-29(5,6)17-10-18-30)20-26(33)25(19-23-11-8-7-9-12-23)31-27(34)37-28(2,3)4/h7-9,11-16,25-26,33H,10,17,19-21H2,1-6H3,(H,31,34)/t25-,26?/m0/s1. The lowest BCUT2D eigenvalue weighted by atomic mass is 9.88. The predicted molar refractivity (Wildman–Crippen MR) is 148 cm³/mol. The third kappa shape index (κ3) is 10.1. The number of amides is 1. The lowest BCUT2D eigenvalue weighted by Gasteiger charge is -2.35. The Balaban J connectivity index is 2.40. The first-order chi connectivity index (χ1) is 17.6. The van der Waals surface area contributed by atoms with Gasteiger partial charge in [0.05, 0.1) is 23.1 Å². The van der Waals surface area contributed by atoms with Crippen molar-refractivity contribution in [3.05, 3.63) is 65.7 Å². The Morgan fingerprint density at radius 3 is 2.24 bits per heavy atom. The van der Waals surface area contributed by atoms with Crippen LogP contribution in [0, 0.1) is 23.7 Å². The van der Waals surface area contributed by atoms with Crippen LogP contribution in [0.2, 0.25) is 0 Å². The zero-order valence-corrected chi connectivity index (χ0v) is 24.1. The Morgan fingerprint density at radius 2 is 1.68 bits per heavy atom. The van der Waals surface area contributed by atoms with E-state index >= 15 is 0 Å².